The van der Waals surface area contributed by atoms with Gasteiger partial charge in [-0.05, 0) is 0 Å². The summed E-state index contributed by atoms with van der Waals surface area (Å²) < 4.78 is 0. The maximum atomic E-state index is 5.60. The normalized spacial score (nSPS) is 10.2. The molecule has 0 aliphatic rings. The smallest absolute Gasteiger partial charge is 0.143 e. The summed E-state index contributed by atoms with van der Waals surface area (Å²) in [6.45, 7) is 0. The quantitative estimate of drug-likeness (QED) is 0.667. The molecule has 56 valence electrons. The molecule has 2 aromatic heterocycles. The molecule has 0 spiro atoms. The molecule has 0 saturated heterocycles. The fourth-order valence-electron chi connectivity index (χ4n) is 0.814. The first kappa shape index (κ1) is 6.36. The summed E-state index contributed by atoms with van der Waals surface area (Å²) >= 11 is 1.53. The molecule has 2 rings (SSSR count). The van der Waals surface area contributed by atoms with E-state index in [4.69, 9.17) is 5.73 Å². The number of H-pyrrole nitrogens is 1. The van der Waals surface area contributed by atoms with Crippen molar-refractivity contribution >= 4 is 17.0 Å². The van der Waals surface area contributed by atoms with Gasteiger partial charge in [-0.1, -0.05) is 0 Å². The van der Waals surface area contributed by atoms with Crippen molar-refractivity contribution in [1.82, 2.24) is 15.2 Å². The highest BCUT2D eigenvalue weighted by Crippen LogP contribution is 2.23. The summed E-state index contributed by atoms with van der Waals surface area (Å²) in [5.41, 5.74) is 7.05. The Bertz CT molecular complexity index is 337. The van der Waals surface area contributed by atoms with E-state index in [0.29, 0.717) is 5.69 Å². The maximum Gasteiger partial charge on any atom is 0.143 e. The second-order valence-corrected chi connectivity index (χ2v) is 2.93. The number of aromatic amines is 1. The Labute approximate surface area is 67.1 Å². The minimum Gasteiger partial charge on any atom is -0.396 e. The lowest BCUT2D eigenvalue weighted by atomic mass is 10.4. The number of aromatic nitrogens is 3. The molecule has 0 aliphatic carbocycles. The number of hydrogen-bond donors (Lipinski definition) is 2. The van der Waals surface area contributed by atoms with Crippen molar-refractivity contribution in [3.8, 4) is 10.7 Å². The second kappa shape index (κ2) is 2.35. The van der Waals surface area contributed by atoms with Gasteiger partial charge in [0, 0.05) is 11.6 Å². The molecule has 0 aliphatic heterocycles. The number of nitrogens with two attached hydrogens (primary N) is 1. The van der Waals surface area contributed by atoms with Gasteiger partial charge in [0.25, 0.3) is 0 Å². The molecule has 0 amide bonds. The number of nitrogen functional groups attached to an aromatic ring is 1. The highest BCUT2D eigenvalue weighted by Gasteiger charge is 2.05. The summed E-state index contributed by atoms with van der Waals surface area (Å²) in [6.07, 6.45) is 3.32. The molecule has 0 saturated carbocycles. The monoisotopic (exact) mass is 166 g/mol. The van der Waals surface area contributed by atoms with Crippen LogP contribution in [0.2, 0.25) is 0 Å². The molecule has 11 heavy (non-hydrogen) atoms. The number of anilines is 1. The van der Waals surface area contributed by atoms with E-state index in [0.717, 1.165) is 10.7 Å². The molecule has 3 N–H and O–H groups in total. The van der Waals surface area contributed by atoms with E-state index in [1.165, 1.54) is 11.3 Å². The third kappa shape index (κ3) is 0.988. The lowest BCUT2D eigenvalue weighted by Gasteiger charge is -1.89. The van der Waals surface area contributed by atoms with Gasteiger partial charge in [-0.25, -0.2) is 4.98 Å². The predicted molar refractivity (Wildman–Crippen MR) is 44.1 cm³/mol. The van der Waals surface area contributed by atoms with Crippen molar-refractivity contribution in [3.05, 3.63) is 17.8 Å². The summed E-state index contributed by atoms with van der Waals surface area (Å²) in [4.78, 5) is 4.09. The van der Waals surface area contributed by atoms with Gasteiger partial charge < -0.3 is 5.73 Å². The van der Waals surface area contributed by atoms with Crippen LogP contribution in [0.3, 0.4) is 0 Å². The Morgan fingerprint density at radius 2 is 2.45 bits per heavy atom. The zero-order chi connectivity index (χ0) is 7.68. The van der Waals surface area contributed by atoms with Crippen molar-refractivity contribution < 1.29 is 0 Å². The first-order valence-corrected chi connectivity index (χ1v) is 3.94. The van der Waals surface area contributed by atoms with Crippen LogP contribution in [0.15, 0.2) is 17.8 Å². The van der Waals surface area contributed by atoms with Crippen LogP contribution < -0.4 is 5.73 Å². The van der Waals surface area contributed by atoms with Crippen LogP contribution in [0.1, 0.15) is 0 Å². The lowest BCUT2D eigenvalue weighted by Crippen LogP contribution is -1.84. The number of hydrogen-bond acceptors (Lipinski definition) is 4. The molecular formula is C6H6N4S. The Balaban J connectivity index is 2.53. The fourth-order valence-corrected chi connectivity index (χ4v) is 1.47. The third-order valence-corrected chi connectivity index (χ3v) is 2.11. The Morgan fingerprint density at radius 3 is 3.00 bits per heavy atom. The van der Waals surface area contributed by atoms with E-state index in [9.17, 15) is 0 Å². The molecule has 0 atom stereocenters. The van der Waals surface area contributed by atoms with Crippen molar-refractivity contribution in [3.63, 3.8) is 0 Å². The molecule has 2 aromatic rings. The number of rotatable bonds is 1. The van der Waals surface area contributed by atoms with E-state index in [-0.39, 0.29) is 0 Å². The Hall–Kier alpha value is -1.36. The van der Waals surface area contributed by atoms with Crippen LogP contribution >= 0.6 is 11.3 Å². The van der Waals surface area contributed by atoms with Gasteiger partial charge in [-0.3, -0.25) is 5.10 Å². The standard InChI is InChI=1S/C6H6N4S/c7-4-3-9-10-5(4)6-8-1-2-11-6/h1-3H,7H2,(H,9,10). The highest BCUT2D eigenvalue weighted by molar-refractivity contribution is 7.13. The van der Waals surface area contributed by atoms with Crippen LogP contribution in [0.5, 0.6) is 0 Å². The second-order valence-electron chi connectivity index (χ2n) is 2.04. The van der Waals surface area contributed by atoms with E-state index in [2.05, 4.69) is 15.2 Å². The molecular weight excluding hydrogens is 160 g/mol. The number of nitrogens with zero attached hydrogens (tertiary/aromatic N) is 2. The first-order chi connectivity index (χ1) is 5.38. The van der Waals surface area contributed by atoms with Crippen LogP contribution in [0.4, 0.5) is 5.69 Å². The van der Waals surface area contributed by atoms with Gasteiger partial charge in [-0.2, -0.15) is 5.10 Å². The van der Waals surface area contributed by atoms with Crippen LogP contribution in [-0.2, 0) is 0 Å². The summed E-state index contributed by atoms with van der Waals surface area (Å²) in [5.74, 6) is 0. The number of thiazole rings is 1. The molecule has 0 radical (unpaired) electrons. The molecule has 0 bridgehead atoms. The van der Waals surface area contributed by atoms with Crippen molar-refractivity contribution in [2.45, 2.75) is 0 Å². The summed E-state index contributed by atoms with van der Waals surface area (Å²) in [7, 11) is 0. The van der Waals surface area contributed by atoms with Crippen LogP contribution in [0.25, 0.3) is 10.7 Å². The zero-order valence-corrected chi connectivity index (χ0v) is 6.43. The Kier molecular flexibility index (Phi) is 1.36. The summed E-state index contributed by atoms with van der Waals surface area (Å²) in [6, 6.07) is 0. The van der Waals surface area contributed by atoms with E-state index >= 15 is 0 Å². The molecule has 0 aromatic carbocycles. The SMILES string of the molecule is Nc1cn[nH]c1-c1nccs1. The van der Waals surface area contributed by atoms with Crippen molar-refractivity contribution in [1.29, 1.82) is 0 Å². The topological polar surface area (TPSA) is 67.6 Å². The van der Waals surface area contributed by atoms with E-state index in [1.54, 1.807) is 12.4 Å². The van der Waals surface area contributed by atoms with Crippen molar-refractivity contribution in [2.24, 2.45) is 0 Å². The Morgan fingerprint density at radius 1 is 1.55 bits per heavy atom. The largest absolute Gasteiger partial charge is 0.396 e. The van der Waals surface area contributed by atoms with Gasteiger partial charge in [0.15, 0.2) is 0 Å². The zero-order valence-electron chi connectivity index (χ0n) is 5.61. The minimum atomic E-state index is 0.639. The van der Waals surface area contributed by atoms with Gasteiger partial charge in [0.1, 0.15) is 10.7 Å². The third-order valence-electron chi connectivity index (χ3n) is 1.31. The molecule has 0 fully saturated rings. The molecule has 0 unspecified atom stereocenters. The minimum absolute atomic E-state index is 0.639. The molecule has 5 heteroatoms. The molecule has 2 heterocycles. The maximum absolute atomic E-state index is 5.60. The van der Waals surface area contributed by atoms with Crippen molar-refractivity contribution in [2.75, 3.05) is 5.73 Å². The van der Waals surface area contributed by atoms with Crippen LogP contribution in [-0.4, -0.2) is 15.2 Å². The summed E-state index contributed by atoms with van der Waals surface area (Å²) in [5, 5.41) is 9.35. The van der Waals surface area contributed by atoms with Gasteiger partial charge in [-0.15, -0.1) is 11.3 Å². The average Bonchev–Trinajstić information content (AvgIpc) is 2.55. The van der Waals surface area contributed by atoms with Gasteiger partial charge in [0.2, 0.25) is 0 Å². The lowest BCUT2D eigenvalue weighted by molar-refractivity contribution is 1.09. The van der Waals surface area contributed by atoms with Gasteiger partial charge >= 0.3 is 0 Å². The van der Waals surface area contributed by atoms with E-state index in [1.807, 2.05) is 5.38 Å². The average molecular weight is 166 g/mol. The van der Waals surface area contributed by atoms with Crippen LogP contribution in [0, 0.1) is 0 Å². The molecule has 4 nitrogen and oxygen atoms in total. The van der Waals surface area contributed by atoms with Gasteiger partial charge in [0.05, 0.1) is 11.9 Å². The predicted octanol–water partition coefficient (Wildman–Crippen LogP) is 1.12. The number of nitrogens with one attached hydrogen (secondary N) is 1. The van der Waals surface area contributed by atoms with E-state index < -0.39 is 0 Å². The first-order valence-electron chi connectivity index (χ1n) is 3.06. The highest BCUT2D eigenvalue weighted by atomic mass is 32.1. The fraction of sp³-hybridized carbons (Fsp3) is 0.